The minimum absolute atomic E-state index is 0.000364. The van der Waals surface area contributed by atoms with Gasteiger partial charge >= 0.3 is 5.97 Å². The molecule has 252 valence electrons. The number of cyclic esters (lactones) is 1. The first-order valence-corrected chi connectivity index (χ1v) is 17.3. The van der Waals surface area contributed by atoms with Crippen LogP contribution in [0.25, 0.3) is 0 Å². The normalized spacial score (nSPS) is 47.2. The van der Waals surface area contributed by atoms with Crippen molar-refractivity contribution in [1.29, 1.82) is 0 Å². The van der Waals surface area contributed by atoms with E-state index in [1.54, 1.807) is 19.4 Å². The van der Waals surface area contributed by atoms with Crippen LogP contribution in [0.1, 0.15) is 83.7 Å². The average molecular weight is 639 g/mol. The van der Waals surface area contributed by atoms with Crippen molar-refractivity contribution < 1.29 is 39.1 Å². The zero-order chi connectivity index (χ0) is 32.3. The van der Waals surface area contributed by atoms with Gasteiger partial charge in [0.05, 0.1) is 41.8 Å². The fourth-order valence-electron chi connectivity index (χ4n) is 10.8. The van der Waals surface area contributed by atoms with Crippen LogP contribution in [0.5, 0.6) is 0 Å². The smallest absolute Gasteiger partial charge is 0.331 e. The minimum Gasteiger partial charge on any atom is -0.458 e. The molecule has 5 fully saturated rings. The lowest BCUT2D eigenvalue weighted by atomic mass is 9.41. The van der Waals surface area contributed by atoms with Crippen molar-refractivity contribution in [2.45, 2.75) is 127 Å². The lowest BCUT2D eigenvalue weighted by molar-refractivity contribution is -0.284. The third-order valence-electron chi connectivity index (χ3n) is 13.2. The number of aromatic nitrogens is 1. The molecule has 2 aliphatic heterocycles. The van der Waals surface area contributed by atoms with Crippen LogP contribution in [0.15, 0.2) is 41.0 Å². The van der Waals surface area contributed by atoms with Crippen LogP contribution in [0, 0.1) is 28.6 Å². The molecular formula is C36H50N2O8. The molecule has 0 radical (unpaired) electrons. The second-order valence-electron chi connectivity index (χ2n) is 15.2. The van der Waals surface area contributed by atoms with E-state index >= 15 is 0 Å². The van der Waals surface area contributed by atoms with Crippen LogP contribution in [0.3, 0.4) is 0 Å². The third-order valence-corrected chi connectivity index (χ3v) is 13.2. The first-order valence-electron chi connectivity index (χ1n) is 17.3. The fraction of sp³-hybridized carbons (Fsp3) is 0.750. The van der Waals surface area contributed by atoms with Gasteiger partial charge in [-0.1, -0.05) is 13.0 Å². The molecule has 6 aliphatic rings. The van der Waals surface area contributed by atoms with E-state index in [1.807, 2.05) is 31.3 Å². The quantitative estimate of drug-likeness (QED) is 0.231. The van der Waals surface area contributed by atoms with E-state index in [9.17, 15) is 20.1 Å². The van der Waals surface area contributed by atoms with Gasteiger partial charge in [-0.2, -0.15) is 0 Å². The molecule has 3 heterocycles. The van der Waals surface area contributed by atoms with Gasteiger partial charge in [0.15, 0.2) is 6.29 Å². The highest BCUT2D eigenvalue weighted by molar-refractivity contribution is 5.85. The van der Waals surface area contributed by atoms with Crippen LogP contribution >= 0.6 is 0 Å². The van der Waals surface area contributed by atoms with E-state index in [0.717, 1.165) is 37.0 Å². The van der Waals surface area contributed by atoms with Crippen molar-refractivity contribution >= 4 is 12.2 Å². The van der Waals surface area contributed by atoms with Crippen LogP contribution in [0.4, 0.5) is 0 Å². The highest BCUT2D eigenvalue weighted by Gasteiger charge is 2.71. The number of aliphatic imine (C=N–C) groups is 1. The molecular weight excluding hydrogens is 588 g/mol. The third kappa shape index (κ3) is 5.10. The molecule has 1 saturated heterocycles. The minimum atomic E-state index is -1.07. The summed E-state index contributed by atoms with van der Waals surface area (Å²) in [6.45, 7) is 4.79. The number of pyridine rings is 1. The highest BCUT2D eigenvalue weighted by Crippen LogP contribution is 2.70. The molecule has 0 amide bonds. The van der Waals surface area contributed by atoms with Crippen molar-refractivity contribution in [3.63, 3.8) is 0 Å². The Balaban J connectivity index is 1.17. The van der Waals surface area contributed by atoms with Gasteiger partial charge in [-0.05, 0) is 93.7 Å². The lowest BCUT2D eigenvalue weighted by Gasteiger charge is -2.66. The van der Waals surface area contributed by atoms with Gasteiger partial charge in [-0.25, -0.2) is 4.79 Å². The molecule has 0 bridgehead atoms. The molecule has 10 heteroatoms. The molecule has 7 rings (SSSR count). The van der Waals surface area contributed by atoms with Crippen LogP contribution in [0.2, 0.25) is 0 Å². The molecule has 3 N–H and O–H groups in total. The van der Waals surface area contributed by atoms with Gasteiger partial charge in [0, 0.05) is 49.3 Å². The van der Waals surface area contributed by atoms with Crippen molar-refractivity contribution in [2.75, 3.05) is 13.7 Å². The maximum atomic E-state index is 12.8. The van der Waals surface area contributed by atoms with Gasteiger partial charge in [0.1, 0.15) is 12.7 Å². The molecule has 4 aliphatic carbocycles. The Labute approximate surface area is 271 Å². The number of aliphatic hydroxyl groups excluding tert-OH is 1. The van der Waals surface area contributed by atoms with Gasteiger partial charge in [0.25, 0.3) is 0 Å². The largest absolute Gasteiger partial charge is 0.458 e. The second-order valence-corrected chi connectivity index (χ2v) is 15.2. The molecule has 4 saturated carbocycles. The van der Waals surface area contributed by atoms with Gasteiger partial charge < -0.3 is 34.3 Å². The van der Waals surface area contributed by atoms with Crippen molar-refractivity contribution in [3.05, 3.63) is 41.7 Å². The summed E-state index contributed by atoms with van der Waals surface area (Å²) in [6.07, 6.45) is 9.93. The molecule has 10 nitrogen and oxygen atoms in total. The number of nitrogens with zero attached hydrogens (tertiary/aromatic N) is 2. The standard InChI is InChI=1S/C36H50N2O8/c1-22-32(40)29(43-3)17-31(45-22)46-25-7-12-34(21-37-19-24-6-4-5-15-38-24)27-8-11-33(2)26(23-16-30(39)44-20-23)10-14-36(33,42)28(27)9-13-35(34,41)18-25/h4-6,15-16,21-22,25-29,31-32,40-42H,7-14,17-20H2,1-3H3/t22-,25+,26+,27-,28-,29-,31+,32+,33+,34-,35+,36+/m1/s1. The lowest BCUT2D eigenvalue weighted by Crippen LogP contribution is -2.69. The number of hydrogen-bond acceptors (Lipinski definition) is 10. The molecule has 0 spiro atoms. The number of carbonyl (C=O) groups is 1. The predicted octanol–water partition coefficient (Wildman–Crippen LogP) is 3.90. The number of methoxy groups -OCH3 is 1. The maximum Gasteiger partial charge on any atom is 0.331 e. The number of esters is 1. The summed E-state index contributed by atoms with van der Waals surface area (Å²) in [6, 6.07) is 5.81. The Morgan fingerprint density at radius 3 is 2.67 bits per heavy atom. The van der Waals surface area contributed by atoms with Crippen LogP contribution in [-0.2, 0) is 30.3 Å². The summed E-state index contributed by atoms with van der Waals surface area (Å²) >= 11 is 0. The summed E-state index contributed by atoms with van der Waals surface area (Å²) < 4.78 is 23.4. The first-order chi connectivity index (χ1) is 22.0. The zero-order valence-corrected chi connectivity index (χ0v) is 27.3. The highest BCUT2D eigenvalue weighted by atomic mass is 16.7. The van der Waals surface area contributed by atoms with E-state index in [1.165, 1.54) is 0 Å². The summed E-state index contributed by atoms with van der Waals surface area (Å²) in [5, 5.41) is 36.0. The molecule has 12 atom stereocenters. The van der Waals surface area contributed by atoms with E-state index in [-0.39, 0.29) is 41.3 Å². The van der Waals surface area contributed by atoms with E-state index in [0.29, 0.717) is 51.7 Å². The molecule has 1 aromatic heterocycles. The molecule has 0 unspecified atom stereocenters. The summed E-state index contributed by atoms with van der Waals surface area (Å²) in [4.78, 5) is 21.4. The Kier molecular flexibility index (Phi) is 8.46. The number of aliphatic hydroxyl groups is 3. The number of ether oxygens (including phenoxy) is 4. The fourth-order valence-corrected chi connectivity index (χ4v) is 10.8. The Morgan fingerprint density at radius 1 is 1.11 bits per heavy atom. The van der Waals surface area contributed by atoms with Gasteiger partial charge in [-0.3, -0.25) is 9.98 Å². The van der Waals surface area contributed by atoms with Crippen molar-refractivity contribution in [3.8, 4) is 0 Å². The number of rotatable bonds is 7. The maximum absolute atomic E-state index is 12.8. The summed E-state index contributed by atoms with van der Waals surface area (Å²) in [5.41, 5.74) is -1.09. The number of carbonyl (C=O) groups excluding carboxylic acids is 1. The monoisotopic (exact) mass is 638 g/mol. The molecule has 46 heavy (non-hydrogen) atoms. The summed E-state index contributed by atoms with van der Waals surface area (Å²) in [7, 11) is 1.59. The number of fused-ring (bicyclic) bond motifs is 5. The Morgan fingerprint density at radius 2 is 1.93 bits per heavy atom. The van der Waals surface area contributed by atoms with Gasteiger partial charge in [-0.15, -0.1) is 0 Å². The Hall–Kier alpha value is -2.21. The average Bonchev–Trinajstić information content (AvgIpc) is 3.58. The van der Waals surface area contributed by atoms with Crippen molar-refractivity contribution in [1.82, 2.24) is 4.98 Å². The zero-order valence-electron chi connectivity index (χ0n) is 27.3. The van der Waals surface area contributed by atoms with Crippen molar-refractivity contribution in [2.24, 2.45) is 33.6 Å². The van der Waals surface area contributed by atoms with Gasteiger partial charge in [0.2, 0.25) is 0 Å². The van der Waals surface area contributed by atoms with E-state index in [2.05, 4.69) is 11.9 Å². The van der Waals surface area contributed by atoms with Crippen LogP contribution < -0.4 is 0 Å². The predicted molar refractivity (Wildman–Crippen MR) is 169 cm³/mol. The van der Waals surface area contributed by atoms with E-state index < -0.39 is 35.1 Å². The molecule has 0 aromatic carbocycles. The Bertz CT molecular complexity index is 1360. The SMILES string of the molecule is CO[C@@H]1C[C@H](O[C@H]2CC[C@@]3(C=NCc4ccccn4)[C@@H]4CC[C@@]5(C)[C@H](C6=CC(=O)OC6)CC[C@]5(O)[C@@H]4CC[C@]3(O)C2)O[C@H](C)[C@@H]1O. The first kappa shape index (κ1) is 32.3. The second kappa shape index (κ2) is 12.0. The topological polar surface area (TPSA) is 140 Å². The molecule has 1 aromatic rings. The number of hydrogen-bond donors (Lipinski definition) is 3. The van der Waals surface area contributed by atoms with E-state index in [4.69, 9.17) is 23.9 Å². The van der Waals surface area contributed by atoms with Crippen LogP contribution in [-0.4, -0.2) is 88.1 Å². The summed E-state index contributed by atoms with van der Waals surface area (Å²) in [5.74, 6) is -0.128.